The van der Waals surface area contributed by atoms with Gasteiger partial charge in [0.25, 0.3) is 0 Å². The highest BCUT2D eigenvalue weighted by Gasteiger charge is 2.14. The number of aryl methyl sites for hydroxylation is 2. The first-order chi connectivity index (χ1) is 16.9. The highest BCUT2D eigenvalue weighted by Crippen LogP contribution is 2.28. The second kappa shape index (κ2) is 10.6. The normalized spacial score (nSPS) is 11.3. The summed E-state index contributed by atoms with van der Waals surface area (Å²) in [7, 11) is 0. The van der Waals surface area contributed by atoms with Crippen molar-refractivity contribution in [3.8, 4) is 12.1 Å². The Bertz CT molecular complexity index is 1390. The Balaban J connectivity index is 1.50. The third kappa shape index (κ3) is 5.88. The minimum atomic E-state index is -0.347. The van der Waals surface area contributed by atoms with E-state index in [4.69, 9.17) is 5.26 Å². The minimum absolute atomic E-state index is 0.308. The number of hydrogen-bond acceptors (Lipinski definition) is 5. The molecule has 0 aliphatic rings. The molecule has 0 fully saturated rings. The van der Waals surface area contributed by atoms with E-state index in [2.05, 4.69) is 39.6 Å². The number of anilines is 2. The molecule has 0 bridgehead atoms. The van der Waals surface area contributed by atoms with E-state index in [1.807, 2.05) is 32.0 Å². The molecule has 4 rings (SSSR count). The summed E-state index contributed by atoms with van der Waals surface area (Å²) in [4.78, 5) is 9.04. The first-order valence-corrected chi connectivity index (χ1v) is 11.3. The third-order valence-corrected chi connectivity index (χ3v) is 5.86. The first-order valence-electron chi connectivity index (χ1n) is 11.3. The van der Waals surface area contributed by atoms with E-state index in [0.29, 0.717) is 30.0 Å². The predicted octanol–water partition coefficient (Wildman–Crippen LogP) is 6.29. The lowest BCUT2D eigenvalue weighted by atomic mass is 9.91. The van der Waals surface area contributed by atoms with E-state index < -0.39 is 0 Å². The van der Waals surface area contributed by atoms with Crippen LogP contribution in [0, 0.1) is 42.3 Å². The fourth-order valence-corrected chi connectivity index (χ4v) is 4.10. The molecule has 1 N–H and O–H groups in total. The number of halogens is 1. The first kappa shape index (κ1) is 23.6. The van der Waals surface area contributed by atoms with Gasteiger partial charge < -0.3 is 5.32 Å². The zero-order valence-corrected chi connectivity index (χ0v) is 19.6. The number of aromatic nitrogens is 2. The molecule has 1 aromatic heterocycles. The lowest BCUT2D eigenvalue weighted by Gasteiger charge is -2.16. The number of benzene rings is 3. The highest BCUT2D eigenvalue weighted by molar-refractivity contribution is 5.65. The molecule has 0 radical (unpaired) electrons. The maximum Gasteiger partial charge on any atom is 0.135 e. The van der Waals surface area contributed by atoms with Crippen molar-refractivity contribution in [2.75, 3.05) is 5.32 Å². The Kier molecular flexibility index (Phi) is 7.14. The largest absolute Gasteiger partial charge is 0.340 e. The molecule has 3 aromatic carbocycles. The van der Waals surface area contributed by atoms with Crippen LogP contribution in [0.5, 0.6) is 0 Å². The van der Waals surface area contributed by atoms with Gasteiger partial charge in [0.1, 0.15) is 17.5 Å². The smallest absolute Gasteiger partial charge is 0.135 e. The van der Waals surface area contributed by atoms with Crippen LogP contribution in [0.15, 0.2) is 72.9 Å². The van der Waals surface area contributed by atoms with Crippen LogP contribution >= 0.6 is 0 Å². The van der Waals surface area contributed by atoms with Gasteiger partial charge in [-0.2, -0.15) is 10.5 Å². The van der Waals surface area contributed by atoms with Gasteiger partial charge in [-0.1, -0.05) is 36.4 Å². The van der Waals surface area contributed by atoms with Crippen LogP contribution in [0.3, 0.4) is 0 Å². The second-order valence-electron chi connectivity index (χ2n) is 8.51. The number of nitrogens with one attached hydrogen (secondary N) is 1. The molecular formula is C29H24FN5. The zero-order chi connectivity index (χ0) is 24.8. The molecule has 1 atom stereocenters. The molecule has 0 aliphatic carbocycles. The Labute approximate surface area is 204 Å². The fraction of sp³-hybridized carbons (Fsp3) is 0.172. The number of rotatable bonds is 7. The summed E-state index contributed by atoms with van der Waals surface area (Å²) in [5.41, 5.74) is 6.57. The van der Waals surface area contributed by atoms with Crippen molar-refractivity contribution >= 4 is 11.5 Å². The summed E-state index contributed by atoms with van der Waals surface area (Å²) >= 11 is 0. The molecule has 6 heteroatoms. The number of nitriles is 2. The second-order valence-corrected chi connectivity index (χ2v) is 8.51. The Morgan fingerprint density at radius 3 is 2.23 bits per heavy atom. The molecule has 0 amide bonds. The standard InChI is InChI=1S/C29H24FN5/c1-19-13-23(15-25(18-32)24-7-9-26(30)10-8-24)14-20(2)29(19)35-27-11-12-33-28(34-27)16-21-3-5-22(17-31)6-4-21/h3-14,25H,15-16H2,1-2H3,(H,33,34,35). The van der Waals surface area contributed by atoms with E-state index in [-0.39, 0.29) is 11.7 Å². The van der Waals surface area contributed by atoms with Crippen molar-refractivity contribution in [1.29, 1.82) is 10.5 Å². The van der Waals surface area contributed by atoms with Crippen LogP contribution in [0.4, 0.5) is 15.9 Å². The van der Waals surface area contributed by atoms with Gasteiger partial charge >= 0.3 is 0 Å². The van der Waals surface area contributed by atoms with Crippen LogP contribution in [0.25, 0.3) is 0 Å². The molecule has 0 spiro atoms. The van der Waals surface area contributed by atoms with Crippen LogP contribution in [0.1, 0.15) is 45.1 Å². The molecule has 4 aromatic rings. The van der Waals surface area contributed by atoms with Gasteiger partial charge in [-0.3, -0.25) is 0 Å². The molecule has 1 heterocycles. The summed E-state index contributed by atoms with van der Waals surface area (Å²) in [5.74, 6) is 0.726. The maximum atomic E-state index is 13.3. The molecule has 0 aliphatic heterocycles. The van der Waals surface area contributed by atoms with Crippen molar-refractivity contribution in [3.63, 3.8) is 0 Å². The average Bonchev–Trinajstić information content (AvgIpc) is 2.86. The monoisotopic (exact) mass is 461 g/mol. The Hall–Kier alpha value is -4.55. The predicted molar refractivity (Wildman–Crippen MR) is 134 cm³/mol. The number of hydrogen-bond donors (Lipinski definition) is 1. The van der Waals surface area contributed by atoms with Gasteiger partial charge in [-0.05, 0) is 78.4 Å². The summed E-state index contributed by atoms with van der Waals surface area (Å²) < 4.78 is 13.3. The van der Waals surface area contributed by atoms with E-state index >= 15 is 0 Å². The van der Waals surface area contributed by atoms with Gasteiger partial charge in [-0.25, -0.2) is 14.4 Å². The quantitative estimate of drug-likeness (QED) is 0.350. The average molecular weight is 462 g/mol. The van der Waals surface area contributed by atoms with Gasteiger partial charge in [0.2, 0.25) is 0 Å². The van der Waals surface area contributed by atoms with Crippen LogP contribution in [-0.4, -0.2) is 9.97 Å². The number of nitrogens with zero attached hydrogens (tertiary/aromatic N) is 4. The van der Waals surface area contributed by atoms with Crippen molar-refractivity contribution in [3.05, 3.63) is 118 Å². The molecule has 1 unspecified atom stereocenters. The lowest BCUT2D eigenvalue weighted by Crippen LogP contribution is -2.05. The van der Waals surface area contributed by atoms with Crippen LogP contribution in [0.2, 0.25) is 0 Å². The summed E-state index contributed by atoms with van der Waals surface area (Å²) in [6.45, 7) is 4.05. The van der Waals surface area contributed by atoms with Crippen LogP contribution in [-0.2, 0) is 12.8 Å². The zero-order valence-electron chi connectivity index (χ0n) is 19.6. The van der Waals surface area contributed by atoms with E-state index in [9.17, 15) is 9.65 Å². The van der Waals surface area contributed by atoms with E-state index in [1.165, 1.54) is 12.1 Å². The van der Waals surface area contributed by atoms with Crippen molar-refractivity contribution in [2.24, 2.45) is 0 Å². The third-order valence-electron chi connectivity index (χ3n) is 5.86. The van der Waals surface area contributed by atoms with Gasteiger partial charge in [0, 0.05) is 18.3 Å². The maximum absolute atomic E-state index is 13.3. The van der Waals surface area contributed by atoms with E-state index in [0.717, 1.165) is 33.5 Å². The van der Waals surface area contributed by atoms with Crippen molar-refractivity contribution in [1.82, 2.24) is 9.97 Å². The highest BCUT2D eigenvalue weighted by atomic mass is 19.1. The lowest BCUT2D eigenvalue weighted by molar-refractivity contribution is 0.626. The SMILES string of the molecule is Cc1cc(CC(C#N)c2ccc(F)cc2)cc(C)c1Nc1ccnc(Cc2ccc(C#N)cc2)n1. The van der Waals surface area contributed by atoms with Crippen molar-refractivity contribution < 1.29 is 4.39 Å². The summed E-state index contributed by atoms with van der Waals surface area (Å²) in [6.07, 6.45) is 2.84. The summed E-state index contributed by atoms with van der Waals surface area (Å²) in [5, 5.41) is 22.1. The van der Waals surface area contributed by atoms with E-state index in [1.54, 1.807) is 30.5 Å². The fourth-order valence-electron chi connectivity index (χ4n) is 4.10. The van der Waals surface area contributed by atoms with Crippen LogP contribution < -0.4 is 5.32 Å². The van der Waals surface area contributed by atoms with Gasteiger partial charge in [-0.15, -0.1) is 0 Å². The molecule has 0 saturated carbocycles. The topological polar surface area (TPSA) is 85.4 Å². The molecule has 0 saturated heterocycles. The summed E-state index contributed by atoms with van der Waals surface area (Å²) in [6, 6.07) is 24.0. The Morgan fingerprint density at radius 1 is 0.914 bits per heavy atom. The Morgan fingerprint density at radius 2 is 1.60 bits per heavy atom. The molecule has 172 valence electrons. The van der Waals surface area contributed by atoms with Gasteiger partial charge in [0.05, 0.1) is 23.6 Å². The van der Waals surface area contributed by atoms with Gasteiger partial charge in [0.15, 0.2) is 0 Å². The molecule has 5 nitrogen and oxygen atoms in total. The minimum Gasteiger partial charge on any atom is -0.340 e. The van der Waals surface area contributed by atoms with Crippen molar-refractivity contribution in [2.45, 2.75) is 32.6 Å². The molecule has 35 heavy (non-hydrogen) atoms. The molecular weight excluding hydrogens is 437 g/mol.